The molecule has 3 heteroatoms. The second-order valence-corrected chi connectivity index (χ2v) is 6.34. The molecule has 0 radical (unpaired) electrons. The van der Waals surface area contributed by atoms with Gasteiger partial charge in [0.25, 0.3) is 0 Å². The number of hydrogen-bond acceptors (Lipinski definition) is 2. The van der Waals surface area contributed by atoms with Crippen molar-refractivity contribution in [1.82, 2.24) is 0 Å². The van der Waals surface area contributed by atoms with Crippen LogP contribution in [0.2, 0.25) is 5.54 Å². The lowest BCUT2D eigenvalue weighted by atomic mass is 10.1. The van der Waals surface area contributed by atoms with Crippen molar-refractivity contribution in [2.75, 3.05) is 13.2 Å². The first-order valence-electron chi connectivity index (χ1n) is 6.03. The van der Waals surface area contributed by atoms with Gasteiger partial charge in [0.15, 0.2) is 0 Å². The van der Waals surface area contributed by atoms with E-state index in [1.165, 1.54) is 0 Å². The average Bonchev–Trinajstić information content (AvgIpc) is 2.21. The van der Waals surface area contributed by atoms with E-state index in [1.54, 1.807) is 0 Å². The third-order valence-electron chi connectivity index (χ3n) is 2.33. The molecule has 0 rings (SSSR count). The highest BCUT2D eigenvalue weighted by molar-refractivity contribution is 6.47. The molecular weight excluding hydrogens is 204 g/mol. The predicted molar refractivity (Wildman–Crippen MR) is 68.4 cm³/mol. The topological polar surface area (TPSA) is 18.5 Å². The lowest BCUT2D eigenvalue weighted by molar-refractivity contribution is 0.186. The molecule has 1 atom stereocenters. The maximum absolute atomic E-state index is 5.85. The fraction of sp³-hybridized carbons (Fsp3) is 0.833. The van der Waals surface area contributed by atoms with Crippen LogP contribution in [-0.2, 0) is 8.85 Å². The van der Waals surface area contributed by atoms with Gasteiger partial charge in [-0.1, -0.05) is 33.8 Å². The van der Waals surface area contributed by atoms with Crippen LogP contribution in [0, 0.1) is 5.92 Å². The molecule has 0 aliphatic rings. The van der Waals surface area contributed by atoms with E-state index in [9.17, 15) is 0 Å². The third-order valence-corrected chi connectivity index (χ3v) is 5.13. The fourth-order valence-corrected chi connectivity index (χ4v) is 3.76. The van der Waals surface area contributed by atoms with Crippen molar-refractivity contribution in [1.29, 1.82) is 0 Å². The normalized spacial score (nSPS) is 13.5. The summed E-state index contributed by atoms with van der Waals surface area (Å²) in [5, 5.41) is 0. The highest BCUT2D eigenvalue weighted by Gasteiger charge is 2.26. The Bertz CT molecular complexity index is 152. The van der Waals surface area contributed by atoms with Crippen molar-refractivity contribution in [3.8, 4) is 0 Å². The van der Waals surface area contributed by atoms with Gasteiger partial charge in [-0.3, -0.25) is 0 Å². The minimum Gasteiger partial charge on any atom is -0.396 e. The standard InChI is InChI=1S/C12H26O2Si/c1-6-9-13-15(14-10-7-2)12(8-3)11(4)5/h8,11-12,15H,3,6-7,9-10H2,1-2,4-5H3. The summed E-state index contributed by atoms with van der Waals surface area (Å²) < 4.78 is 11.7. The Kier molecular flexibility index (Phi) is 9.05. The summed E-state index contributed by atoms with van der Waals surface area (Å²) in [6.07, 6.45) is 4.12. The van der Waals surface area contributed by atoms with Crippen LogP contribution in [0.4, 0.5) is 0 Å². The van der Waals surface area contributed by atoms with Crippen LogP contribution in [0.25, 0.3) is 0 Å². The van der Waals surface area contributed by atoms with Crippen molar-refractivity contribution >= 4 is 9.28 Å². The van der Waals surface area contributed by atoms with E-state index in [4.69, 9.17) is 8.85 Å². The van der Waals surface area contributed by atoms with Crippen molar-refractivity contribution in [2.24, 2.45) is 5.92 Å². The summed E-state index contributed by atoms with van der Waals surface area (Å²) in [4.78, 5) is 0. The van der Waals surface area contributed by atoms with Gasteiger partial charge in [0, 0.05) is 18.8 Å². The molecule has 0 spiro atoms. The summed E-state index contributed by atoms with van der Waals surface area (Å²) in [5.74, 6) is 0.563. The molecule has 0 aromatic rings. The molecule has 0 fully saturated rings. The molecule has 1 unspecified atom stereocenters. The van der Waals surface area contributed by atoms with Gasteiger partial charge in [-0.15, -0.1) is 6.58 Å². The number of allylic oxidation sites excluding steroid dienone is 1. The third kappa shape index (κ3) is 6.13. The van der Waals surface area contributed by atoms with Crippen LogP contribution >= 0.6 is 0 Å². The first kappa shape index (κ1) is 14.9. The van der Waals surface area contributed by atoms with E-state index < -0.39 is 9.28 Å². The fourth-order valence-electron chi connectivity index (χ4n) is 1.44. The molecule has 0 amide bonds. The highest BCUT2D eigenvalue weighted by atomic mass is 28.3. The van der Waals surface area contributed by atoms with Crippen LogP contribution in [0.3, 0.4) is 0 Å². The summed E-state index contributed by atoms with van der Waals surface area (Å²) in [7, 11) is -1.56. The predicted octanol–water partition coefficient (Wildman–Crippen LogP) is 3.27. The summed E-state index contributed by atoms with van der Waals surface area (Å²) in [6, 6.07) is 0. The highest BCUT2D eigenvalue weighted by Crippen LogP contribution is 2.24. The summed E-state index contributed by atoms with van der Waals surface area (Å²) in [6.45, 7) is 14.2. The molecule has 90 valence electrons. The Hall–Kier alpha value is -0.123. The molecule has 0 aliphatic carbocycles. The molecule has 15 heavy (non-hydrogen) atoms. The molecule has 0 heterocycles. The van der Waals surface area contributed by atoms with Crippen molar-refractivity contribution in [2.45, 2.75) is 46.1 Å². The molecule has 0 aliphatic heterocycles. The van der Waals surface area contributed by atoms with Crippen LogP contribution in [0.15, 0.2) is 12.7 Å². The van der Waals surface area contributed by atoms with Crippen molar-refractivity contribution < 1.29 is 8.85 Å². The Morgan fingerprint density at radius 2 is 1.60 bits per heavy atom. The van der Waals surface area contributed by atoms with Gasteiger partial charge < -0.3 is 8.85 Å². The van der Waals surface area contributed by atoms with Crippen molar-refractivity contribution in [3.63, 3.8) is 0 Å². The van der Waals surface area contributed by atoms with Gasteiger partial charge in [-0.25, -0.2) is 0 Å². The second kappa shape index (κ2) is 9.13. The van der Waals surface area contributed by atoms with Crippen molar-refractivity contribution in [3.05, 3.63) is 12.7 Å². The zero-order valence-corrected chi connectivity index (χ0v) is 11.8. The molecule has 2 nitrogen and oxygen atoms in total. The Morgan fingerprint density at radius 3 is 1.87 bits per heavy atom. The van der Waals surface area contributed by atoms with Crippen LogP contribution < -0.4 is 0 Å². The smallest absolute Gasteiger partial charge is 0.328 e. The quantitative estimate of drug-likeness (QED) is 0.447. The molecule has 0 saturated carbocycles. The molecular formula is C12H26O2Si. The van der Waals surface area contributed by atoms with E-state index in [1.807, 2.05) is 6.08 Å². The maximum Gasteiger partial charge on any atom is 0.328 e. The van der Waals surface area contributed by atoms with E-state index in [0.29, 0.717) is 11.5 Å². The van der Waals surface area contributed by atoms with Gasteiger partial charge in [0.1, 0.15) is 0 Å². The molecule has 0 N–H and O–H groups in total. The molecule has 0 bridgehead atoms. The number of rotatable bonds is 9. The summed E-state index contributed by atoms with van der Waals surface area (Å²) in [5.41, 5.74) is 0.420. The maximum atomic E-state index is 5.85. The monoisotopic (exact) mass is 230 g/mol. The van der Waals surface area contributed by atoms with E-state index >= 15 is 0 Å². The lowest BCUT2D eigenvalue weighted by Crippen LogP contribution is -2.31. The minimum atomic E-state index is -1.56. The van der Waals surface area contributed by atoms with Gasteiger partial charge in [-0.05, 0) is 18.8 Å². The van der Waals surface area contributed by atoms with Gasteiger partial charge in [-0.2, -0.15) is 0 Å². The van der Waals surface area contributed by atoms with E-state index in [0.717, 1.165) is 26.1 Å². The molecule has 0 aromatic carbocycles. The average molecular weight is 230 g/mol. The number of hydrogen-bond donors (Lipinski definition) is 0. The largest absolute Gasteiger partial charge is 0.396 e. The van der Waals surface area contributed by atoms with Gasteiger partial charge in [0.05, 0.1) is 0 Å². The van der Waals surface area contributed by atoms with Gasteiger partial charge in [0.2, 0.25) is 0 Å². The van der Waals surface area contributed by atoms with Crippen LogP contribution in [0.1, 0.15) is 40.5 Å². The summed E-state index contributed by atoms with van der Waals surface area (Å²) >= 11 is 0. The SMILES string of the molecule is C=CC(C(C)C)[SiH](OCCC)OCCC. The molecule has 0 aromatic heterocycles. The van der Waals surface area contributed by atoms with Crippen LogP contribution in [0.5, 0.6) is 0 Å². The van der Waals surface area contributed by atoms with E-state index in [2.05, 4.69) is 34.3 Å². The van der Waals surface area contributed by atoms with E-state index in [-0.39, 0.29) is 0 Å². The zero-order chi connectivity index (χ0) is 11.7. The zero-order valence-electron chi connectivity index (χ0n) is 10.7. The second-order valence-electron chi connectivity index (χ2n) is 4.17. The first-order chi connectivity index (χ1) is 7.17. The van der Waals surface area contributed by atoms with Gasteiger partial charge >= 0.3 is 9.28 Å². The van der Waals surface area contributed by atoms with Crippen LogP contribution in [-0.4, -0.2) is 22.5 Å². The first-order valence-corrected chi connectivity index (χ1v) is 7.64. The Morgan fingerprint density at radius 1 is 1.13 bits per heavy atom. The Labute approximate surface area is 96.5 Å². The minimum absolute atomic E-state index is 0.420. The Balaban J connectivity index is 4.22. The lowest BCUT2D eigenvalue weighted by Gasteiger charge is -2.25. The molecule has 0 saturated heterocycles.